The predicted molar refractivity (Wildman–Crippen MR) is 96.4 cm³/mol. The molecule has 1 fully saturated rings. The molecule has 1 saturated heterocycles. The molecule has 1 N–H and O–H groups in total. The maximum atomic E-state index is 12.3. The van der Waals surface area contributed by atoms with E-state index in [4.69, 9.17) is 11.6 Å². The maximum absolute atomic E-state index is 12.3. The van der Waals surface area contributed by atoms with Gasteiger partial charge in [0.1, 0.15) is 0 Å². The van der Waals surface area contributed by atoms with Crippen LogP contribution in [0.25, 0.3) is 0 Å². The largest absolute Gasteiger partial charge is 0.368 e. The molecule has 2 heterocycles. The molecule has 0 saturated carbocycles. The van der Waals surface area contributed by atoms with Crippen molar-refractivity contribution in [3.8, 4) is 0 Å². The first kappa shape index (κ1) is 16.6. The number of hydrogen-bond acceptors (Lipinski definition) is 3. The van der Waals surface area contributed by atoms with Gasteiger partial charge in [0.05, 0.1) is 0 Å². The zero-order valence-electron chi connectivity index (χ0n) is 13.7. The SMILES string of the molecule is Cc1ccc(N2CCN(C(=O)NCc3cccnc3)CC2)cc1Cl. The number of hydrogen-bond donors (Lipinski definition) is 1. The number of anilines is 1. The number of carbonyl (C=O) groups is 1. The van der Waals surface area contributed by atoms with Crippen LogP contribution in [-0.4, -0.2) is 42.1 Å². The molecule has 126 valence electrons. The molecule has 3 rings (SSSR count). The number of rotatable bonds is 3. The Morgan fingerprint density at radius 1 is 1.25 bits per heavy atom. The Balaban J connectivity index is 1.51. The van der Waals surface area contributed by atoms with Crippen molar-refractivity contribution in [2.24, 2.45) is 0 Å². The van der Waals surface area contributed by atoms with Crippen LogP contribution in [0, 0.1) is 6.92 Å². The summed E-state index contributed by atoms with van der Waals surface area (Å²) in [4.78, 5) is 20.4. The highest BCUT2D eigenvalue weighted by molar-refractivity contribution is 6.31. The molecule has 5 nitrogen and oxygen atoms in total. The fraction of sp³-hybridized carbons (Fsp3) is 0.333. The van der Waals surface area contributed by atoms with Gasteiger partial charge in [0.25, 0.3) is 0 Å². The number of amides is 2. The molecule has 1 aliphatic rings. The van der Waals surface area contributed by atoms with Gasteiger partial charge in [-0.3, -0.25) is 4.98 Å². The van der Waals surface area contributed by atoms with Gasteiger partial charge in [0.2, 0.25) is 0 Å². The van der Waals surface area contributed by atoms with E-state index >= 15 is 0 Å². The molecule has 0 aliphatic carbocycles. The number of urea groups is 1. The van der Waals surface area contributed by atoms with Crippen LogP contribution in [0.3, 0.4) is 0 Å². The molecule has 2 amide bonds. The standard InChI is InChI=1S/C18H21ClN4O/c1-14-4-5-16(11-17(14)19)22-7-9-23(10-8-22)18(24)21-13-15-3-2-6-20-12-15/h2-6,11-12H,7-10,13H2,1H3,(H,21,24). The third-order valence-corrected chi connectivity index (χ3v) is 4.66. The van der Waals surface area contributed by atoms with Crippen molar-refractivity contribution in [3.63, 3.8) is 0 Å². The fourth-order valence-corrected chi connectivity index (χ4v) is 2.91. The van der Waals surface area contributed by atoms with Crippen LogP contribution in [0.5, 0.6) is 0 Å². The van der Waals surface area contributed by atoms with Crippen LogP contribution in [0.15, 0.2) is 42.7 Å². The van der Waals surface area contributed by atoms with E-state index < -0.39 is 0 Å². The van der Waals surface area contributed by atoms with Crippen molar-refractivity contribution in [1.82, 2.24) is 15.2 Å². The number of benzene rings is 1. The average Bonchev–Trinajstić information content (AvgIpc) is 2.63. The Morgan fingerprint density at radius 3 is 2.71 bits per heavy atom. The van der Waals surface area contributed by atoms with Gasteiger partial charge in [0, 0.05) is 55.8 Å². The maximum Gasteiger partial charge on any atom is 0.317 e. The minimum Gasteiger partial charge on any atom is -0.368 e. The molecule has 0 bridgehead atoms. The molecule has 1 aromatic carbocycles. The Bertz CT molecular complexity index is 699. The summed E-state index contributed by atoms with van der Waals surface area (Å²) < 4.78 is 0. The second-order valence-corrected chi connectivity index (χ2v) is 6.33. The van der Waals surface area contributed by atoms with Crippen LogP contribution in [0.1, 0.15) is 11.1 Å². The van der Waals surface area contributed by atoms with Crippen molar-refractivity contribution in [2.75, 3.05) is 31.1 Å². The van der Waals surface area contributed by atoms with Gasteiger partial charge in [0.15, 0.2) is 0 Å². The van der Waals surface area contributed by atoms with Gasteiger partial charge in [-0.05, 0) is 36.2 Å². The van der Waals surface area contributed by atoms with Crippen LogP contribution >= 0.6 is 11.6 Å². The molecule has 0 spiro atoms. The second-order valence-electron chi connectivity index (χ2n) is 5.93. The highest BCUT2D eigenvalue weighted by atomic mass is 35.5. The Labute approximate surface area is 147 Å². The number of aryl methyl sites for hydroxylation is 1. The molecule has 0 unspecified atom stereocenters. The lowest BCUT2D eigenvalue weighted by Gasteiger charge is -2.36. The summed E-state index contributed by atoms with van der Waals surface area (Å²) in [6.45, 7) is 5.51. The van der Waals surface area contributed by atoms with Crippen LogP contribution < -0.4 is 10.2 Å². The summed E-state index contributed by atoms with van der Waals surface area (Å²) in [7, 11) is 0. The summed E-state index contributed by atoms with van der Waals surface area (Å²) in [5.74, 6) is 0. The van der Waals surface area contributed by atoms with Crippen molar-refractivity contribution >= 4 is 23.3 Å². The first-order valence-electron chi connectivity index (χ1n) is 8.06. The minimum absolute atomic E-state index is 0.0274. The summed E-state index contributed by atoms with van der Waals surface area (Å²) in [6.07, 6.45) is 3.49. The van der Waals surface area contributed by atoms with E-state index in [9.17, 15) is 4.79 Å². The Hall–Kier alpha value is -2.27. The van der Waals surface area contributed by atoms with Crippen LogP contribution in [0.2, 0.25) is 5.02 Å². The van der Waals surface area contributed by atoms with Crippen LogP contribution in [0.4, 0.5) is 10.5 Å². The van der Waals surface area contributed by atoms with E-state index in [0.717, 1.165) is 34.9 Å². The van der Waals surface area contributed by atoms with E-state index in [1.165, 1.54) is 0 Å². The number of carbonyl (C=O) groups excluding carboxylic acids is 1. The molecule has 0 atom stereocenters. The normalized spacial score (nSPS) is 14.6. The number of pyridine rings is 1. The first-order valence-corrected chi connectivity index (χ1v) is 8.44. The lowest BCUT2D eigenvalue weighted by molar-refractivity contribution is 0.194. The Morgan fingerprint density at radius 2 is 2.04 bits per heavy atom. The average molecular weight is 345 g/mol. The van der Waals surface area contributed by atoms with E-state index in [0.29, 0.717) is 19.6 Å². The van der Waals surface area contributed by atoms with Crippen molar-refractivity contribution in [1.29, 1.82) is 0 Å². The van der Waals surface area contributed by atoms with Gasteiger partial charge in [-0.25, -0.2) is 4.79 Å². The highest BCUT2D eigenvalue weighted by Gasteiger charge is 2.21. The quantitative estimate of drug-likeness (QED) is 0.930. The zero-order chi connectivity index (χ0) is 16.9. The third-order valence-electron chi connectivity index (χ3n) is 4.25. The van der Waals surface area contributed by atoms with Gasteiger partial charge in [-0.15, -0.1) is 0 Å². The molecule has 1 aromatic heterocycles. The van der Waals surface area contributed by atoms with Crippen molar-refractivity contribution in [2.45, 2.75) is 13.5 Å². The number of piperazine rings is 1. The summed E-state index contributed by atoms with van der Waals surface area (Å²) in [6, 6.07) is 9.90. The summed E-state index contributed by atoms with van der Waals surface area (Å²) in [5.41, 5.74) is 3.19. The van der Waals surface area contributed by atoms with Crippen molar-refractivity contribution < 1.29 is 4.79 Å². The van der Waals surface area contributed by atoms with Gasteiger partial charge < -0.3 is 15.1 Å². The number of aromatic nitrogens is 1. The monoisotopic (exact) mass is 344 g/mol. The molecular formula is C18H21ClN4O. The lowest BCUT2D eigenvalue weighted by Crippen LogP contribution is -2.51. The van der Waals surface area contributed by atoms with E-state index in [1.807, 2.05) is 36.1 Å². The molecule has 1 aliphatic heterocycles. The first-order chi connectivity index (χ1) is 11.6. The molecule has 6 heteroatoms. The van der Waals surface area contributed by atoms with E-state index in [1.54, 1.807) is 12.4 Å². The smallest absolute Gasteiger partial charge is 0.317 e. The highest BCUT2D eigenvalue weighted by Crippen LogP contribution is 2.24. The van der Waals surface area contributed by atoms with E-state index in [2.05, 4.69) is 21.3 Å². The molecule has 0 radical (unpaired) electrons. The fourth-order valence-electron chi connectivity index (χ4n) is 2.74. The number of nitrogens with one attached hydrogen (secondary N) is 1. The third kappa shape index (κ3) is 3.97. The number of halogens is 1. The molecule has 2 aromatic rings. The number of nitrogens with zero attached hydrogens (tertiary/aromatic N) is 3. The lowest BCUT2D eigenvalue weighted by atomic mass is 10.2. The predicted octanol–water partition coefficient (Wildman–Crippen LogP) is 3.08. The molecular weight excluding hydrogens is 324 g/mol. The molecule has 24 heavy (non-hydrogen) atoms. The Kier molecular flexibility index (Phi) is 5.20. The van der Waals surface area contributed by atoms with E-state index in [-0.39, 0.29) is 6.03 Å². The van der Waals surface area contributed by atoms with Crippen molar-refractivity contribution in [3.05, 3.63) is 58.9 Å². The van der Waals surface area contributed by atoms with Crippen LogP contribution in [-0.2, 0) is 6.54 Å². The topological polar surface area (TPSA) is 48.5 Å². The minimum atomic E-state index is -0.0274. The summed E-state index contributed by atoms with van der Waals surface area (Å²) >= 11 is 6.21. The van der Waals surface area contributed by atoms with Gasteiger partial charge in [-0.2, -0.15) is 0 Å². The van der Waals surface area contributed by atoms with Gasteiger partial charge >= 0.3 is 6.03 Å². The summed E-state index contributed by atoms with van der Waals surface area (Å²) in [5, 5.41) is 3.73. The zero-order valence-corrected chi connectivity index (χ0v) is 14.5. The second kappa shape index (κ2) is 7.53. The van der Waals surface area contributed by atoms with Gasteiger partial charge in [-0.1, -0.05) is 23.7 Å².